The molecule has 0 aliphatic carbocycles. The van der Waals surface area contributed by atoms with Crippen LogP contribution in [0.25, 0.3) is 0 Å². The van der Waals surface area contributed by atoms with Gasteiger partial charge >= 0.3 is 5.97 Å². The van der Waals surface area contributed by atoms with Crippen LogP contribution in [0.3, 0.4) is 0 Å². The van der Waals surface area contributed by atoms with E-state index in [9.17, 15) is 9.59 Å². The Bertz CT molecular complexity index is 734. The van der Waals surface area contributed by atoms with Crippen LogP contribution in [0.2, 0.25) is 0 Å². The minimum atomic E-state index is -0.462. The standard InChI is InChI=1S/C18H21N3O4/c1-24-10-4-8-19-14-7-9-20-16(12-14)17(22)21-15-6-3-5-13(11-15)18(23)25-2/h3,5-7,9,11-12H,4,8,10H2,1-2H3,(H,19,20)(H,21,22). The first-order valence-corrected chi connectivity index (χ1v) is 7.82. The van der Waals surface area contributed by atoms with Crippen molar-refractivity contribution in [1.29, 1.82) is 0 Å². The van der Waals surface area contributed by atoms with Gasteiger partial charge in [0, 0.05) is 37.8 Å². The largest absolute Gasteiger partial charge is 0.465 e. The molecule has 132 valence electrons. The second kappa shape index (κ2) is 9.39. The number of methoxy groups -OCH3 is 2. The van der Waals surface area contributed by atoms with Gasteiger partial charge < -0.3 is 20.1 Å². The van der Waals surface area contributed by atoms with Gasteiger partial charge in [0.2, 0.25) is 0 Å². The van der Waals surface area contributed by atoms with E-state index in [1.807, 2.05) is 0 Å². The number of hydrogen-bond donors (Lipinski definition) is 2. The number of benzene rings is 1. The minimum Gasteiger partial charge on any atom is -0.465 e. The third kappa shape index (κ3) is 5.58. The Balaban J connectivity index is 2.02. The molecule has 0 aliphatic heterocycles. The summed E-state index contributed by atoms with van der Waals surface area (Å²) >= 11 is 0. The fourth-order valence-electron chi connectivity index (χ4n) is 2.15. The summed E-state index contributed by atoms with van der Waals surface area (Å²) in [5.74, 6) is -0.820. The van der Waals surface area contributed by atoms with Crippen molar-refractivity contribution in [1.82, 2.24) is 4.98 Å². The first-order chi connectivity index (χ1) is 12.1. The molecule has 7 nitrogen and oxygen atoms in total. The lowest BCUT2D eigenvalue weighted by molar-refractivity contribution is 0.0600. The van der Waals surface area contributed by atoms with Crippen molar-refractivity contribution in [2.24, 2.45) is 0 Å². The number of rotatable bonds is 8. The molecule has 7 heteroatoms. The smallest absolute Gasteiger partial charge is 0.337 e. The summed E-state index contributed by atoms with van der Waals surface area (Å²) in [6.07, 6.45) is 2.43. The van der Waals surface area contributed by atoms with Gasteiger partial charge in [-0.05, 0) is 36.8 Å². The number of anilines is 2. The molecule has 1 aromatic heterocycles. The summed E-state index contributed by atoms with van der Waals surface area (Å²) in [7, 11) is 2.96. The number of hydrogen-bond acceptors (Lipinski definition) is 6. The molecular formula is C18H21N3O4. The molecule has 0 radical (unpaired) electrons. The predicted molar refractivity (Wildman–Crippen MR) is 95.0 cm³/mol. The number of carbonyl (C=O) groups excluding carboxylic acids is 2. The van der Waals surface area contributed by atoms with Gasteiger partial charge in [-0.3, -0.25) is 9.78 Å². The monoisotopic (exact) mass is 343 g/mol. The average Bonchev–Trinajstić information content (AvgIpc) is 2.65. The van der Waals surface area contributed by atoms with Crippen LogP contribution in [0.15, 0.2) is 42.6 Å². The van der Waals surface area contributed by atoms with Crippen LogP contribution in [0.1, 0.15) is 27.3 Å². The summed E-state index contributed by atoms with van der Waals surface area (Å²) in [6, 6.07) is 9.99. The van der Waals surface area contributed by atoms with E-state index in [0.29, 0.717) is 17.9 Å². The van der Waals surface area contributed by atoms with Crippen LogP contribution < -0.4 is 10.6 Å². The molecule has 0 atom stereocenters. The number of amides is 1. The van der Waals surface area contributed by atoms with E-state index >= 15 is 0 Å². The summed E-state index contributed by atoms with van der Waals surface area (Å²) in [4.78, 5) is 28.0. The van der Waals surface area contributed by atoms with Crippen LogP contribution in [-0.2, 0) is 9.47 Å². The minimum absolute atomic E-state index is 0.278. The highest BCUT2D eigenvalue weighted by Gasteiger charge is 2.11. The van der Waals surface area contributed by atoms with Gasteiger partial charge in [0.1, 0.15) is 5.69 Å². The number of nitrogens with zero attached hydrogens (tertiary/aromatic N) is 1. The van der Waals surface area contributed by atoms with E-state index in [1.165, 1.54) is 7.11 Å². The number of nitrogens with one attached hydrogen (secondary N) is 2. The second-order valence-electron chi connectivity index (χ2n) is 5.23. The molecular weight excluding hydrogens is 322 g/mol. The summed E-state index contributed by atoms with van der Waals surface area (Å²) in [6.45, 7) is 1.40. The van der Waals surface area contributed by atoms with E-state index in [2.05, 4.69) is 20.4 Å². The van der Waals surface area contributed by atoms with Gasteiger partial charge in [-0.15, -0.1) is 0 Å². The molecule has 0 aliphatic rings. The Morgan fingerprint density at radius 3 is 2.72 bits per heavy atom. The normalized spacial score (nSPS) is 10.2. The van der Waals surface area contributed by atoms with Gasteiger partial charge in [0.15, 0.2) is 0 Å². The van der Waals surface area contributed by atoms with Crippen LogP contribution in [-0.4, -0.2) is 44.2 Å². The molecule has 2 aromatic rings. The van der Waals surface area contributed by atoms with Crippen molar-refractivity contribution in [3.05, 3.63) is 53.9 Å². The van der Waals surface area contributed by atoms with E-state index in [4.69, 9.17) is 4.74 Å². The third-order valence-electron chi connectivity index (χ3n) is 3.39. The van der Waals surface area contributed by atoms with Crippen molar-refractivity contribution in [2.45, 2.75) is 6.42 Å². The zero-order chi connectivity index (χ0) is 18.1. The van der Waals surface area contributed by atoms with Gasteiger partial charge in [0.25, 0.3) is 5.91 Å². The maximum atomic E-state index is 12.4. The van der Waals surface area contributed by atoms with Crippen LogP contribution >= 0.6 is 0 Å². The molecule has 1 aromatic carbocycles. The molecule has 0 fully saturated rings. The first kappa shape index (κ1) is 18.4. The molecule has 2 N–H and O–H groups in total. The average molecular weight is 343 g/mol. The van der Waals surface area contributed by atoms with Gasteiger partial charge in [0.05, 0.1) is 12.7 Å². The van der Waals surface area contributed by atoms with Crippen LogP contribution in [0.4, 0.5) is 11.4 Å². The zero-order valence-corrected chi connectivity index (χ0v) is 14.2. The summed E-state index contributed by atoms with van der Waals surface area (Å²) in [5, 5.41) is 5.93. The Morgan fingerprint density at radius 2 is 1.96 bits per heavy atom. The van der Waals surface area contributed by atoms with Crippen molar-refractivity contribution < 1.29 is 19.1 Å². The Kier molecular flexibility index (Phi) is 6.91. The quantitative estimate of drug-likeness (QED) is 0.566. The third-order valence-corrected chi connectivity index (χ3v) is 3.39. The fourth-order valence-corrected chi connectivity index (χ4v) is 2.15. The number of pyridine rings is 1. The predicted octanol–water partition coefficient (Wildman–Crippen LogP) is 2.57. The molecule has 1 heterocycles. The van der Waals surface area contributed by atoms with Crippen LogP contribution in [0, 0.1) is 0 Å². The highest BCUT2D eigenvalue weighted by Crippen LogP contribution is 2.14. The molecule has 25 heavy (non-hydrogen) atoms. The number of carbonyl (C=O) groups is 2. The zero-order valence-electron chi connectivity index (χ0n) is 14.2. The number of aromatic nitrogens is 1. The molecule has 0 bridgehead atoms. The topological polar surface area (TPSA) is 89.5 Å². The highest BCUT2D eigenvalue weighted by molar-refractivity contribution is 6.04. The Hall–Kier alpha value is -2.93. The first-order valence-electron chi connectivity index (χ1n) is 7.82. The van der Waals surface area contributed by atoms with Crippen molar-refractivity contribution in [2.75, 3.05) is 38.0 Å². The van der Waals surface area contributed by atoms with Gasteiger partial charge in [-0.1, -0.05) is 6.07 Å². The second-order valence-corrected chi connectivity index (χ2v) is 5.23. The molecule has 0 saturated carbocycles. The highest BCUT2D eigenvalue weighted by atomic mass is 16.5. The van der Waals surface area contributed by atoms with Crippen LogP contribution in [0.5, 0.6) is 0 Å². The molecule has 1 amide bonds. The number of ether oxygens (including phenoxy) is 2. The lowest BCUT2D eigenvalue weighted by Gasteiger charge is -2.09. The molecule has 2 rings (SSSR count). The van der Waals surface area contributed by atoms with Crippen molar-refractivity contribution in [3.63, 3.8) is 0 Å². The van der Waals surface area contributed by atoms with Crippen molar-refractivity contribution >= 4 is 23.3 Å². The van der Waals surface area contributed by atoms with Crippen molar-refractivity contribution in [3.8, 4) is 0 Å². The summed E-state index contributed by atoms with van der Waals surface area (Å²) in [5.41, 5.74) is 1.94. The molecule has 0 saturated heterocycles. The Morgan fingerprint density at radius 1 is 1.12 bits per heavy atom. The SMILES string of the molecule is COCCCNc1ccnc(C(=O)Nc2cccc(C(=O)OC)c2)c1. The van der Waals surface area contributed by atoms with Gasteiger partial charge in [-0.25, -0.2) is 4.79 Å². The van der Waals surface area contributed by atoms with E-state index < -0.39 is 5.97 Å². The Labute approximate surface area is 146 Å². The maximum Gasteiger partial charge on any atom is 0.337 e. The van der Waals surface area contributed by atoms with E-state index in [0.717, 1.165) is 18.7 Å². The van der Waals surface area contributed by atoms with E-state index in [-0.39, 0.29) is 11.6 Å². The number of esters is 1. The fraction of sp³-hybridized carbons (Fsp3) is 0.278. The lowest BCUT2D eigenvalue weighted by atomic mass is 10.2. The van der Waals surface area contributed by atoms with Gasteiger partial charge in [-0.2, -0.15) is 0 Å². The maximum absolute atomic E-state index is 12.4. The van der Waals surface area contributed by atoms with E-state index in [1.54, 1.807) is 49.7 Å². The summed E-state index contributed by atoms with van der Waals surface area (Å²) < 4.78 is 9.66. The molecule has 0 spiro atoms. The lowest BCUT2D eigenvalue weighted by Crippen LogP contribution is -2.15. The molecule has 0 unspecified atom stereocenters.